The summed E-state index contributed by atoms with van der Waals surface area (Å²) in [6, 6.07) is 0. The van der Waals surface area contributed by atoms with E-state index in [9.17, 15) is 9.59 Å². The van der Waals surface area contributed by atoms with Crippen molar-refractivity contribution in [3.05, 3.63) is 46.6 Å². The maximum absolute atomic E-state index is 11.3. The molecule has 0 atom stereocenters. The fourth-order valence-electron chi connectivity index (χ4n) is 2.90. The van der Waals surface area contributed by atoms with E-state index in [1.807, 2.05) is 6.92 Å². The van der Waals surface area contributed by atoms with Crippen LogP contribution in [0.25, 0.3) is 0 Å². The second-order valence-electron chi connectivity index (χ2n) is 8.19. The van der Waals surface area contributed by atoms with Crippen LogP contribution in [-0.4, -0.2) is 18.2 Å². The van der Waals surface area contributed by atoms with E-state index < -0.39 is 0 Å². The molecule has 0 aliphatic rings. The van der Waals surface area contributed by atoms with Crippen molar-refractivity contribution in [2.45, 2.75) is 99.3 Å². The summed E-state index contributed by atoms with van der Waals surface area (Å²) < 4.78 is 0. The maximum atomic E-state index is 11.3. The zero-order chi connectivity index (χ0) is 22.1. The number of ketones is 1. The smallest absolute Gasteiger partial charge is 0.219 e. The van der Waals surface area contributed by atoms with Gasteiger partial charge in [-0.25, -0.2) is 0 Å². The molecule has 0 heterocycles. The Bertz CT molecular complexity index is 621. The minimum atomic E-state index is 0.108. The van der Waals surface area contributed by atoms with Crippen molar-refractivity contribution in [2.75, 3.05) is 6.54 Å². The highest BCUT2D eigenvalue weighted by molar-refractivity contribution is 5.75. The van der Waals surface area contributed by atoms with Crippen LogP contribution in [-0.2, 0) is 9.59 Å². The Kier molecular flexibility index (Phi) is 15.9. The molecule has 3 heteroatoms. The molecule has 0 fully saturated rings. The van der Waals surface area contributed by atoms with E-state index in [4.69, 9.17) is 0 Å². The van der Waals surface area contributed by atoms with Crippen molar-refractivity contribution in [3.63, 3.8) is 0 Å². The predicted molar refractivity (Wildman–Crippen MR) is 126 cm³/mol. The number of allylic oxidation sites excluding steroid dienone is 7. The highest BCUT2D eigenvalue weighted by atomic mass is 16.1. The van der Waals surface area contributed by atoms with Gasteiger partial charge in [0.1, 0.15) is 5.78 Å². The van der Waals surface area contributed by atoms with E-state index in [1.165, 1.54) is 22.3 Å². The molecule has 0 bridgehead atoms. The Morgan fingerprint density at radius 2 is 1.00 bits per heavy atom. The fourth-order valence-corrected chi connectivity index (χ4v) is 2.90. The van der Waals surface area contributed by atoms with Crippen molar-refractivity contribution in [3.8, 4) is 0 Å². The number of hydrogen-bond acceptors (Lipinski definition) is 2. The van der Waals surface area contributed by atoms with E-state index >= 15 is 0 Å². The minimum Gasteiger partial charge on any atom is -0.352 e. The van der Waals surface area contributed by atoms with E-state index in [0.29, 0.717) is 19.4 Å². The summed E-state index contributed by atoms with van der Waals surface area (Å²) in [4.78, 5) is 22.2. The quantitative estimate of drug-likeness (QED) is 0.300. The number of rotatable bonds is 15. The molecule has 1 N–H and O–H groups in total. The largest absolute Gasteiger partial charge is 0.352 e. The molecule has 29 heavy (non-hydrogen) atoms. The summed E-state index contributed by atoms with van der Waals surface area (Å²) in [7, 11) is 0. The third kappa shape index (κ3) is 17.9. The second kappa shape index (κ2) is 17.0. The number of carbonyl (C=O) groups excluding carboxylic acids is 2. The average Bonchev–Trinajstić information content (AvgIpc) is 2.65. The van der Waals surface area contributed by atoms with Gasteiger partial charge in [-0.15, -0.1) is 0 Å². The number of carbonyl (C=O) groups is 2. The molecule has 0 spiro atoms. The molecule has 0 aromatic carbocycles. The van der Waals surface area contributed by atoms with Crippen LogP contribution in [0.15, 0.2) is 46.6 Å². The Balaban J connectivity index is 4.06. The standard InChI is InChI=1S/C26H43NO2/c1-7-26(29)27-20-24(5)18-10-16-22(3)14-8-12-21(2)13-9-15-23(4)17-11-19-25(6)28/h13-14,17-18H,7-12,15-16,19-20H2,1-6H3,(H,27,29)/b21-13+,22-14+,23-17+,24-18+. The van der Waals surface area contributed by atoms with Gasteiger partial charge < -0.3 is 10.1 Å². The molecule has 0 aromatic heterocycles. The highest BCUT2D eigenvalue weighted by Gasteiger charge is 1.97. The lowest BCUT2D eigenvalue weighted by molar-refractivity contribution is -0.120. The first-order chi connectivity index (χ1) is 13.7. The minimum absolute atomic E-state index is 0.108. The third-order valence-corrected chi connectivity index (χ3v) is 4.97. The number of Topliss-reactive ketones (excluding diaryl/α,β-unsaturated/α-hetero) is 1. The Hall–Kier alpha value is -1.90. The normalized spacial score (nSPS) is 13.6. The molecule has 1 amide bonds. The van der Waals surface area contributed by atoms with Gasteiger partial charge in [0.05, 0.1) is 0 Å². The second-order valence-corrected chi connectivity index (χ2v) is 8.19. The fraction of sp³-hybridized carbons (Fsp3) is 0.615. The van der Waals surface area contributed by atoms with Crippen LogP contribution in [0.1, 0.15) is 99.3 Å². The van der Waals surface area contributed by atoms with E-state index in [1.54, 1.807) is 6.92 Å². The zero-order valence-corrected chi connectivity index (χ0v) is 19.7. The summed E-state index contributed by atoms with van der Waals surface area (Å²) in [5, 5.41) is 2.91. The zero-order valence-electron chi connectivity index (χ0n) is 19.7. The molecule has 0 aliphatic heterocycles. The van der Waals surface area contributed by atoms with Gasteiger partial charge in [-0.3, -0.25) is 4.79 Å². The summed E-state index contributed by atoms with van der Waals surface area (Å²) in [6.07, 6.45) is 17.7. The monoisotopic (exact) mass is 401 g/mol. The van der Waals surface area contributed by atoms with Crippen LogP contribution >= 0.6 is 0 Å². The van der Waals surface area contributed by atoms with Gasteiger partial charge in [0.2, 0.25) is 5.91 Å². The summed E-state index contributed by atoms with van der Waals surface area (Å²) in [6.45, 7) is 12.8. The summed E-state index contributed by atoms with van der Waals surface area (Å²) >= 11 is 0. The number of nitrogens with one attached hydrogen (secondary N) is 1. The van der Waals surface area contributed by atoms with E-state index in [-0.39, 0.29) is 11.7 Å². The molecule has 0 rings (SSSR count). The van der Waals surface area contributed by atoms with Crippen molar-refractivity contribution in [1.29, 1.82) is 0 Å². The van der Waals surface area contributed by atoms with Crippen LogP contribution < -0.4 is 5.32 Å². The molecular formula is C26H43NO2. The highest BCUT2D eigenvalue weighted by Crippen LogP contribution is 2.14. The molecule has 0 aromatic rings. The first-order valence-corrected chi connectivity index (χ1v) is 11.1. The summed E-state index contributed by atoms with van der Waals surface area (Å²) in [5.74, 6) is 0.371. The third-order valence-electron chi connectivity index (χ3n) is 4.97. The van der Waals surface area contributed by atoms with E-state index in [0.717, 1.165) is 44.9 Å². The van der Waals surface area contributed by atoms with Crippen LogP contribution in [0.3, 0.4) is 0 Å². The Labute approximate surface area is 179 Å². The van der Waals surface area contributed by atoms with Crippen molar-refractivity contribution < 1.29 is 9.59 Å². The SMILES string of the molecule is CCC(=O)NC/C(C)=C/CC/C(C)=C/CC/C(C)=C/CC/C(C)=C/CCC(C)=O. The molecule has 0 unspecified atom stereocenters. The first-order valence-electron chi connectivity index (χ1n) is 11.1. The Morgan fingerprint density at radius 3 is 1.38 bits per heavy atom. The average molecular weight is 402 g/mol. The molecule has 0 saturated carbocycles. The van der Waals surface area contributed by atoms with Crippen molar-refractivity contribution in [1.82, 2.24) is 5.32 Å². The van der Waals surface area contributed by atoms with Gasteiger partial charge in [-0.05, 0) is 79.6 Å². The van der Waals surface area contributed by atoms with Crippen molar-refractivity contribution in [2.24, 2.45) is 0 Å². The van der Waals surface area contributed by atoms with E-state index in [2.05, 4.69) is 57.3 Å². The number of hydrogen-bond donors (Lipinski definition) is 1. The number of amides is 1. The lowest BCUT2D eigenvalue weighted by Gasteiger charge is -2.05. The van der Waals surface area contributed by atoms with Crippen LogP contribution in [0.5, 0.6) is 0 Å². The summed E-state index contributed by atoms with van der Waals surface area (Å²) in [5.41, 5.74) is 5.49. The first kappa shape index (κ1) is 27.1. The molecule has 0 radical (unpaired) electrons. The lowest BCUT2D eigenvalue weighted by atomic mass is 10.0. The van der Waals surface area contributed by atoms with Gasteiger partial charge in [0.25, 0.3) is 0 Å². The van der Waals surface area contributed by atoms with Crippen LogP contribution in [0, 0.1) is 0 Å². The molecule has 164 valence electrons. The molecule has 0 saturated heterocycles. The van der Waals surface area contributed by atoms with Gasteiger partial charge >= 0.3 is 0 Å². The van der Waals surface area contributed by atoms with Gasteiger partial charge in [0.15, 0.2) is 0 Å². The van der Waals surface area contributed by atoms with Crippen LogP contribution in [0.4, 0.5) is 0 Å². The maximum Gasteiger partial charge on any atom is 0.219 e. The molecule has 3 nitrogen and oxygen atoms in total. The topological polar surface area (TPSA) is 46.2 Å². The van der Waals surface area contributed by atoms with Gasteiger partial charge in [-0.2, -0.15) is 0 Å². The van der Waals surface area contributed by atoms with Gasteiger partial charge in [0, 0.05) is 19.4 Å². The predicted octanol–water partition coefficient (Wildman–Crippen LogP) is 7.01. The van der Waals surface area contributed by atoms with Gasteiger partial charge in [-0.1, -0.05) is 53.5 Å². The Morgan fingerprint density at radius 1 is 0.621 bits per heavy atom. The lowest BCUT2D eigenvalue weighted by Crippen LogP contribution is -2.23. The van der Waals surface area contributed by atoms with Crippen molar-refractivity contribution >= 4 is 11.7 Å². The molecular weight excluding hydrogens is 358 g/mol. The molecule has 0 aliphatic carbocycles. The van der Waals surface area contributed by atoms with Crippen LogP contribution in [0.2, 0.25) is 0 Å².